The Kier molecular flexibility index (Phi) is 4.35. The zero-order chi connectivity index (χ0) is 10.6. The van der Waals surface area contributed by atoms with E-state index in [9.17, 15) is 4.79 Å². The molecule has 0 aromatic carbocycles. The van der Waals surface area contributed by atoms with E-state index in [0.717, 1.165) is 25.9 Å². The van der Waals surface area contributed by atoms with E-state index >= 15 is 0 Å². The number of carbonyl (C=O) groups is 1. The molecule has 4 nitrogen and oxygen atoms in total. The monoisotopic (exact) mass is 200 g/mol. The van der Waals surface area contributed by atoms with Crippen LogP contribution < -0.4 is 5.73 Å². The fourth-order valence-corrected chi connectivity index (χ4v) is 2.08. The van der Waals surface area contributed by atoms with Gasteiger partial charge in [-0.15, -0.1) is 0 Å². The minimum Gasteiger partial charge on any atom is -0.481 e. The van der Waals surface area contributed by atoms with E-state index in [1.165, 1.54) is 0 Å². The van der Waals surface area contributed by atoms with E-state index in [4.69, 9.17) is 10.8 Å². The normalized spacial score (nSPS) is 29.0. The molecule has 1 rings (SSSR count). The average Bonchev–Trinajstić information content (AvgIpc) is 2.14. The van der Waals surface area contributed by atoms with Crippen molar-refractivity contribution in [2.75, 3.05) is 19.6 Å². The summed E-state index contributed by atoms with van der Waals surface area (Å²) < 4.78 is 0. The predicted octanol–water partition coefficient (Wildman–Crippen LogP) is 0.520. The molecular formula is C10H20N2O2. The van der Waals surface area contributed by atoms with Gasteiger partial charge in [-0.05, 0) is 12.3 Å². The summed E-state index contributed by atoms with van der Waals surface area (Å²) in [6.07, 6.45) is 2.44. The maximum absolute atomic E-state index is 10.4. The van der Waals surface area contributed by atoms with Crippen LogP contribution in [0.4, 0.5) is 0 Å². The van der Waals surface area contributed by atoms with Crippen molar-refractivity contribution in [3.8, 4) is 0 Å². The fourth-order valence-electron chi connectivity index (χ4n) is 2.08. The number of hydrogen-bond donors (Lipinski definition) is 2. The second-order valence-electron chi connectivity index (χ2n) is 4.17. The zero-order valence-corrected chi connectivity index (χ0v) is 8.78. The first-order valence-corrected chi connectivity index (χ1v) is 5.31. The van der Waals surface area contributed by atoms with E-state index in [1.807, 2.05) is 0 Å². The van der Waals surface area contributed by atoms with E-state index in [1.54, 1.807) is 0 Å². The van der Waals surface area contributed by atoms with E-state index in [-0.39, 0.29) is 12.5 Å². The molecular weight excluding hydrogens is 180 g/mol. The molecule has 1 aliphatic heterocycles. The number of carboxylic acids is 1. The third kappa shape index (κ3) is 3.64. The van der Waals surface area contributed by atoms with Crippen LogP contribution in [-0.2, 0) is 4.79 Å². The summed E-state index contributed by atoms with van der Waals surface area (Å²) >= 11 is 0. The summed E-state index contributed by atoms with van der Waals surface area (Å²) in [5.74, 6) is -0.0789. The number of nitrogens with zero attached hydrogens (tertiary/aromatic N) is 1. The van der Waals surface area contributed by atoms with Crippen molar-refractivity contribution in [1.82, 2.24) is 4.90 Å². The van der Waals surface area contributed by atoms with Crippen LogP contribution in [0.2, 0.25) is 0 Å². The van der Waals surface area contributed by atoms with Crippen LogP contribution in [0.1, 0.15) is 26.2 Å². The molecule has 0 saturated carbocycles. The van der Waals surface area contributed by atoms with Crippen molar-refractivity contribution < 1.29 is 9.90 Å². The highest BCUT2D eigenvalue weighted by atomic mass is 16.4. The number of piperidine rings is 1. The van der Waals surface area contributed by atoms with Gasteiger partial charge < -0.3 is 15.7 Å². The number of carboxylic acid groups (broad SMARTS) is 1. The largest absolute Gasteiger partial charge is 0.481 e. The smallest absolute Gasteiger partial charge is 0.304 e. The van der Waals surface area contributed by atoms with Crippen molar-refractivity contribution in [3.05, 3.63) is 0 Å². The van der Waals surface area contributed by atoms with Gasteiger partial charge in [-0.1, -0.05) is 13.3 Å². The van der Waals surface area contributed by atoms with E-state index in [0.29, 0.717) is 12.5 Å². The molecule has 82 valence electrons. The molecule has 4 heteroatoms. The van der Waals surface area contributed by atoms with Crippen LogP contribution in [0.3, 0.4) is 0 Å². The molecule has 0 spiro atoms. The van der Waals surface area contributed by atoms with Crippen LogP contribution in [-0.4, -0.2) is 41.7 Å². The third-order valence-electron chi connectivity index (χ3n) is 2.86. The predicted molar refractivity (Wildman–Crippen MR) is 55.1 cm³/mol. The summed E-state index contributed by atoms with van der Waals surface area (Å²) in [7, 11) is 0. The molecule has 0 amide bonds. The van der Waals surface area contributed by atoms with Gasteiger partial charge in [-0.3, -0.25) is 4.79 Å². The SMILES string of the molecule is CCC1CC(N)CN(CCC(=O)O)C1. The summed E-state index contributed by atoms with van der Waals surface area (Å²) in [6, 6.07) is 0.225. The standard InChI is InChI=1S/C10H20N2O2/c1-2-8-5-9(11)7-12(6-8)4-3-10(13)14/h8-9H,2-7,11H2,1H3,(H,13,14). The maximum Gasteiger partial charge on any atom is 0.304 e. The molecule has 1 heterocycles. The molecule has 1 fully saturated rings. The van der Waals surface area contributed by atoms with Gasteiger partial charge in [-0.25, -0.2) is 0 Å². The van der Waals surface area contributed by atoms with Crippen LogP contribution in [0.25, 0.3) is 0 Å². The number of hydrogen-bond acceptors (Lipinski definition) is 3. The van der Waals surface area contributed by atoms with Crippen molar-refractivity contribution in [1.29, 1.82) is 0 Å². The first-order valence-electron chi connectivity index (χ1n) is 5.31. The van der Waals surface area contributed by atoms with Crippen LogP contribution >= 0.6 is 0 Å². The number of likely N-dealkylation sites (tertiary alicyclic amines) is 1. The molecule has 0 radical (unpaired) electrons. The Morgan fingerprint density at radius 1 is 1.57 bits per heavy atom. The van der Waals surface area contributed by atoms with Crippen molar-refractivity contribution in [2.45, 2.75) is 32.2 Å². The maximum atomic E-state index is 10.4. The topological polar surface area (TPSA) is 66.6 Å². The molecule has 1 saturated heterocycles. The molecule has 2 atom stereocenters. The van der Waals surface area contributed by atoms with Crippen LogP contribution in [0, 0.1) is 5.92 Å². The lowest BCUT2D eigenvalue weighted by Crippen LogP contribution is -2.47. The number of nitrogens with two attached hydrogens (primary N) is 1. The second-order valence-corrected chi connectivity index (χ2v) is 4.17. The van der Waals surface area contributed by atoms with Crippen molar-refractivity contribution in [2.24, 2.45) is 11.7 Å². The summed E-state index contributed by atoms with van der Waals surface area (Å²) in [5.41, 5.74) is 5.91. The Morgan fingerprint density at radius 2 is 2.29 bits per heavy atom. The third-order valence-corrected chi connectivity index (χ3v) is 2.86. The molecule has 3 N–H and O–H groups in total. The Balaban J connectivity index is 2.33. The quantitative estimate of drug-likeness (QED) is 0.694. The Morgan fingerprint density at radius 3 is 2.86 bits per heavy atom. The number of rotatable bonds is 4. The van der Waals surface area contributed by atoms with Gasteiger partial charge in [0.1, 0.15) is 0 Å². The Labute approximate surface area is 85.1 Å². The highest BCUT2D eigenvalue weighted by molar-refractivity contribution is 5.66. The minimum absolute atomic E-state index is 0.225. The highest BCUT2D eigenvalue weighted by Crippen LogP contribution is 2.18. The lowest BCUT2D eigenvalue weighted by atomic mass is 9.92. The van der Waals surface area contributed by atoms with Gasteiger partial charge in [0, 0.05) is 25.7 Å². The van der Waals surface area contributed by atoms with E-state index < -0.39 is 5.97 Å². The first-order chi connectivity index (χ1) is 6.61. The van der Waals surface area contributed by atoms with Gasteiger partial charge in [0.25, 0.3) is 0 Å². The van der Waals surface area contributed by atoms with Gasteiger partial charge >= 0.3 is 5.97 Å². The first kappa shape index (κ1) is 11.5. The molecule has 0 aliphatic carbocycles. The molecule has 0 aromatic rings. The molecule has 2 unspecified atom stereocenters. The zero-order valence-electron chi connectivity index (χ0n) is 8.78. The highest BCUT2D eigenvalue weighted by Gasteiger charge is 2.23. The summed E-state index contributed by atoms with van der Waals surface area (Å²) in [6.45, 7) is 4.67. The Hall–Kier alpha value is -0.610. The molecule has 0 bridgehead atoms. The van der Waals surface area contributed by atoms with Crippen LogP contribution in [0.5, 0.6) is 0 Å². The van der Waals surface area contributed by atoms with Crippen LogP contribution in [0.15, 0.2) is 0 Å². The lowest BCUT2D eigenvalue weighted by Gasteiger charge is -2.35. The number of aliphatic carboxylic acids is 1. The molecule has 0 aromatic heterocycles. The van der Waals surface area contributed by atoms with Gasteiger partial charge in [0.05, 0.1) is 6.42 Å². The minimum atomic E-state index is -0.725. The van der Waals surface area contributed by atoms with Gasteiger partial charge in [0.15, 0.2) is 0 Å². The lowest BCUT2D eigenvalue weighted by molar-refractivity contribution is -0.137. The van der Waals surface area contributed by atoms with Crippen molar-refractivity contribution in [3.63, 3.8) is 0 Å². The molecule has 1 aliphatic rings. The summed E-state index contributed by atoms with van der Waals surface area (Å²) in [5, 5.41) is 8.58. The second kappa shape index (κ2) is 5.32. The summed E-state index contributed by atoms with van der Waals surface area (Å²) in [4.78, 5) is 12.6. The van der Waals surface area contributed by atoms with Gasteiger partial charge in [-0.2, -0.15) is 0 Å². The van der Waals surface area contributed by atoms with E-state index in [2.05, 4.69) is 11.8 Å². The fraction of sp³-hybridized carbons (Fsp3) is 0.900. The van der Waals surface area contributed by atoms with Crippen molar-refractivity contribution >= 4 is 5.97 Å². The van der Waals surface area contributed by atoms with Gasteiger partial charge in [0.2, 0.25) is 0 Å². The average molecular weight is 200 g/mol. The Bertz CT molecular complexity index is 197. The molecule has 14 heavy (non-hydrogen) atoms.